The van der Waals surface area contributed by atoms with Crippen LogP contribution in [0, 0.1) is 6.92 Å². The van der Waals surface area contributed by atoms with Crippen LogP contribution >= 0.6 is 0 Å². The van der Waals surface area contributed by atoms with Crippen molar-refractivity contribution in [2.24, 2.45) is 5.73 Å². The van der Waals surface area contributed by atoms with Gasteiger partial charge in [-0.15, -0.1) is 0 Å². The first kappa shape index (κ1) is 16.5. The van der Waals surface area contributed by atoms with Crippen molar-refractivity contribution < 1.29 is 18.0 Å². The van der Waals surface area contributed by atoms with Gasteiger partial charge in [-0.1, -0.05) is 23.8 Å². The fourth-order valence-electron chi connectivity index (χ4n) is 1.81. The summed E-state index contributed by atoms with van der Waals surface area (Å²) in [5.74, 6) is -0.652. The molecule has 2 rings (SSSR count). The van der Waals surface area contributed by atoms with Gasteiger partial charge in [0, 0.05) is 11.3 Å². The van der Waals surface area contributed by atoms with Gasteiger partial charge >= 0.3 is 6.03 Å². The van der Waals surface area contributed by atoms with Gasteiger partial charge in [-0.2, -0.15) is 0 Å². The zero-order chi connectivity index (χ0) is 17.0. The zero-order valence-corrected chi connectivity index (χ0v) is 13.1. The first-order chi connectivity index (χ1) is 10.8. The van der Waals surface area contributed by atoms with E-state index in [4.69, 9.17) is 5.73 Å². The van der Waals surface area contributed by atoms with Crippen LogP contribution in [0.3, 0.4) is 0 Å². The predicted octanol–water partition coefficient (Wildman–Crippen LogP) is 1.60. The Morgan fingerprint density at radius 2 is 1.70 bits per heavy atom. The van der Waals surface area contributed by atoms with Gasteiger partial charge in [0.05, 0.1) is 4.90 Å². The fraction of sp³-hybridized carbons (Fsp3) is 0.0667. The van der Waals surface area contributed by atoms with Crippen LogP contribution in [0.2, 0.25) is 0 Å². The minimum absolute atomic E-state index is 0.0239. The second-order valence-electron chi connectivity index (χ2n) is 4.82. The molecule has 0 aromatic heterocycles. The van der Waals surface area contributed by atoms with E-state index in [1.165, 1.54) is 36.4 Å². The summed E-state index contributed by atoms with van der Waals surface area (Å²) < 4.78 is 26.0. The van der Waals surface area contributed by atoms with E-state index in [9.17, 15) is 18.0 Å². The largest absolute Gasteiger partial charge is 0.366 e. The Morgan fingerprint density at radius 1 is 1.04 bits per heavy atom. The van der Waals surface area contributed by atoms with Gasteiger partial charge in [-0.25, -0.2) is 17.9 Å². The van der Waals surface area contributed by atoms with Crippen molar-refractivity contribution in [1.29, 1.82) is 0 Å². The number of carbonyl (C=O) groups excluding carboxylic acids is 2. The van der Waals surface area contributed by atoms with E-state index >= 15 is 0 Å². The maximum Gasteiger partial charge on any atom is 0.333 e. The quantitative estimate of drug-likeness (QED) is 0.787. The first-order valence-corrected chi connectivity index (χ1v) is 8.06. The summed E-state index contributed by atoms with van der Waals surface area (Å²) in [5.41, 5.74) is 6.49. The van der Waals surface area contributed by atoms with Gasteiger partial charge in [-0.05, 0) is 37.3 Å². The highest BCUT2D eigenvalue weighted by molar-refractivity contribution is 7.90. The molecular formula is C15H15N3O4S. The highest BCUT2D eigenvalue weighted by Gasteiger charge is 2.17. The van der Waals surface area contributed by atoms with Crippen LogP contribution in [0.4, 0.5) is 10.5 Å². The standard InChI is InChI=1S/C15H15N3O4S/c1-10-5-7-13(8-6-10)23(21,22)18-15(20)17-12-4-2-3-11(9-12)14(16)19/h2-9H,1H3,(H2,16,19)(H2,17,18,20). The van der Waals surface area contributed by atoms with Gasteiger partial charge in [0.25, 0.3) is 10.0 Å². The topological polar surface area (TPSA) is 118 Å². The maximum absolute atomic E-state index is 12.1. The van der Waals surface area contributed by atoms with Crippen molar-refractivity contribution in [3.63, 3.8) is 0 Å². The molecule has 8 heteroatoms. The minimum Gasteiger partial charge on any atom is -0.366 e. The second-order valence-corrected chi connectivity index (χ2v) is 6.50. The molecule has 23 heavy (non-hydrogen) atoms. The molecule has 0 saturated heterocycles. The van der Waals surface area contributed by atoms with E-state index in [1.54, 1.807) is 12.1 Å². The van der Waals surface area contributed by atoms with Crippen LogP contribution in [0.5, 0.6) is 0 Å². The Bertz CT molecular complexity index is 845. The molecule has 0 atom stereocenters. The third kappa shape index (κ3) is 4.30. The van der Waals surface area contributed by atoms with Gasteiger partial charge in [0.15, 0.2) is 0 Å². The van der Waals surface area contributed by atoms with Crippen molar-refractivity contribution in [2.75, 3.05) is 5.32 Å². The lowest BCUT2D eigenvalue weighted by atomic mass is 10.2. The highest BCUT2D eigenvalue weighted by atomic mass is 32.2. The smallest absolute Gasteiger partial charge is 0.333 e. The van der Waals surface area contributed by atoms with E-state index in [0.29, 0.717) is 0 Å². The third-order valence-electron chi connectivity index (χ3n) is 2.96. The molecule has 7 nitrogen and oxygen atoms in total. The van der Waals surface area contributed by atoms with Gasteiger partial charge in [0.1, 0.15) is 0 Å². The summed E-state index contributed by atoms with van der Waals surface area (Å²) in [5, 5.41) is 2.34. The van der Waals surface area contributed by atoms with Crippen molar-refractivity contribution in [2.45, 2.75) is 11.8 Å². The van der Waals surface area contributed by atoms with Crippen molar-refractivity contribution in [3.8, 4) is 0 Å². The van der Waals surface area contributed by atoms with Crippen molar-refractivity contribution in [3.05, 3.63) is 59.7 Å². The van der Waals surface area contributed by atoms with E-state index in [0.717, 1.165) is 5.56 Å². The van der Waals surface area contributed by atoms with Crippen molar-refractivity contribution >= 4 is 27.6 Å². The number of hydrogen-bond donors (Lipinski definition) is 3. The normalized spacial score (nSPS) is 10.8. The molecule has 120 valence electrons. The molecule has 3 amide bonds. The van der Waals surface area contributed by atoms with E-state index in [2.05, 4.69) is 5.32 Å². The number of aryl methyl sites for hydroxylation is 1. The molecular weight excluding hydrogens is 318 g/mol. The molecule has 0 aliphatic heterocycles. The van der Waals surface area contributed by atoms with Crippen LogP contribution in [-0.4, -0.2) is 20.4 Å². The predicted molar refractivity (Wildman–Crippen MR) is 85.5 cm³/mol. The summed E-state index contributed by atoms with van der Waals surface area (Å²) in [4.78, 5) is 22.9. The average molecular weight is 333 g/mol. The van der Waals surface area contributed by atoms with Crippen LogP contribution in [0.15, 0.2) is 53.4 Å². The number of sulfonamides is 1. The Balaban J connectivity index is 2.11. The molecule has 0 saturated carbocycles. The number of carbonyl (C=O) groups is 2. The second kappa shape index (κ2) is 6.49. The van der Waals surface area contributed by atoms with E-state index < -0.39 is 22.0 Å². The average Bonchev–Trinajstić information content (AvgIpc) is 2.47. The molecule has 0 aliphatic rings. The molecule has 0 fully saturated rings. The van der Waals surface area contributed by atoms with Crippen LogP contribution < -0.4 is 15.8 Å². The Hall–Kier alpha value is -2.87. The van der Waals surface area contributed by atoms with Gasteiger partial charge in [-0.3, -0.25) is 4.79 Å². The number of anilines is 1. The number of nitrogens with one attached hydrogen (secondary N) is 2. The number of amides is 3. The van der Waals surface area contributed by atoms with E-state index in [1.807, 2.05) is 11.6 Å². The number of urea groups is 1. The number of rotatable bonds is 4. The Labute approximate surface area is 133 Å². The molecule has 0 spiro atoms. The summed E-state index contributed by atoms with van der Waals surface area (Å²) in [6, 6.07) is 11.0. The maximum atomic E-state index is 12.1. The van der Waals surface area contributed by atoms with Crippen LogP contribution in [-0.2, 0) is 10.0 Å². The monoisotopic (exact) mass is 333 g/mol. The lowest BCUT2D eigenvalue weighted by molar-refractivity contribution is 0.1000. The summed E-state index contributed by atoms with van der Waals surface area (Å²) in [6.45, 7) is 1.82. The summed E-state index contributed by atoms with van der Waals surface area (Å²) >= 11 is 0. The molecule has 0 radical (unpaired) electrons. The SMILES string of the molecule is Cc1ccc(S(=O)(=O)NC(=O)Nc2cccc(C(N)=O)c2)cc1. The van der Waals surface area contributed by atoms with E-state index in [-0.39, 0.29) is 16.1 Å². The van der Waals surface area contributed by atoms with Crippen LogP contribution in [0.25, 0.3) is 0 Å². The molecule has 0 aliphatic carbocycles. The lowest BCUT2D eigenvalue weighted by Crippen LogP contribution is -2.34. The number of nitrogens with two attached hydrogens (primary N) is 1. The zero-order valence-electron chi connectivity index (χ0n) is 12.2. The molecule has 2 aromatic carbocycles. The summed E-state index contributed by atoms with van der Waals surface area (Å²) in [6.07, 6.45) is 0. The molecule has 0 heterocycles. The highest BCUT2D eigenvalue weighted by Crippen LogP contribution is 2.12. The Morgan fingerprint density at radius 3 is 2.30 bits per heavy atom. The van der Waals surface area contributed by atoms with Crippen LogP contribution in [0.1, 0.15) is 15.9 Å². The number of hydrogen-bond acceptors (Lipinski definition) is 4. The fourth-order valence-corrected chi connectivity index (χ4v) is 2.71. The van der Waals surface area contributed by atoms with Crippen molar-refractivity contribution in [1.82, 2.24) is 4.72 Å². The first-order valence-electron chi connectivity index (χ1n) is 6.58. The van der Waals surface area contributed by atoms with Gasteiger partial charge in [0.2, 0.25) is 5.91 Å². The number of benzene rings is 2. The molecule has 2 aromatic rings. The van der Waals surface area contributed by atoms with Gasteiger partial charge < -0.3 is 11.1 Å². The molecule has 0 bridgehead atoms. The molecule has 4 N–H and O–H groups in total. The number of primary amides is 1. The Kier molecular flexibility index (Phi) is 4.65. The molecule has 0 unspecified atom stereocenters. The third-order valence-corrected chi connectivity index (χ3v) is 4.31. The lowest BCUT2D eigenvalue weighted by Gasteiger charge is -2.09. The minimum atomic E-state index is -3.98. The summed E-state index contributed by atoms with van der Waals surface area (Å²) in [7, 11) is -3.98.